The number of aromatic nitrogens is 2. The van der Waals surface area contributed by atoms with Crippen molar-refractivity contribution in [3.63, 3.8) is 0 Å². The second-order valence-corrected chi connectivity index (χ2v) is 4.71. The molecule has 2 aliphatic rings. The van der Waals surface area contributed by atoms with Crippen molar-refractivity contribution in [1.29, 1.82) is 0 Å². The number of rotatable bonds is 1. The third-order valence-electron chi connectivity index (χ3n) is 3.51. The van der Waals surface area contributed by atoms with E-state index in [1.165, 1.54) is 6.33 Å². The van der Waals surface area contributed by atoms with Gasteiger partial charge in [0.05, 0.1) is 12.5 Å². The molecule has 0 bridgehead atoms. The van der Waals surface area contributed by atoms with Crippen molar-refractivity contribution in [2.75, 3.05) is 30.8 Å². The predicted octanol–water partition coefficient (Wildman–Crippen LogP) is -0.348. The van der Waals surface area contributed by atoms with Crippen LogP contribution in [0.3, 0.4) is 0 Å². The van der Waals surface area contributed by atoms with Gasteiger partial charge >= 0.3 is 0 Å². The molecule has 2 aliphatic heterocycles. The Labute approximate surface area is 99.4 Å². The van der Waals surface area contributed by atoms with Gasteiger partial charge in [-0.15, -0.1) is 0 Å². The van der Waals surface area contributed by atoms with Gasteiger partial charge in [-0.2, -0.15) is 0 Å². The summed E-state index contributed by atoms with van der Waals surface area (Å²) in [5, 5.41) is 0. The summed E-state index contributed by atoms with van der Waals surface area (Å²) in [6.45, 7) is 1.92. The van der Waals surface area contributed by atoms with Crippen LogP contribution in [0.4, 0.5) is 11.6 Å². The highest BCUT2D eigenvalue weighted by atomic mass is 16.2. The molecule has 0 saturated carbocycles. The van der Waals surface area contributed by atoms with Gasteiger partial charge in [-0.3, -0.25) is 9.69 Å². The van der Waals surface area contributed by atoms with Crippen molar-refractivity contribution >= 4 is 17.5 Å². The maximum atomic E-state index is 12.1. The molecule has 0 aliphatic carbocycles. The lowest BCUT2D eigenvalue weighted by Crippen LogP contribution is -2.39. The Morgan fingerprint density at radius 1 is 1.47 bits per heavy atom. The summed E-state index contributed by atoms with van der Waals surface area (Å²) in [5.74, 6) is 1.23. The number of hydrogen-bond donors (Lipinski definition) is 1. The first kappa shape index (κ1) is 10.5. The number of likely N-dealkylation sites (N-methyl/N-ethyl adjacent to an activating group) is 1. The number of hydrogen-bond acceptors (Lipinski definition) is 5. The van der Waals surface area contributed by atoms with E-state index in [0.29, 0.717) is 18.1 Å². The van der Waals surface area contributed by atoms with Gasteiger partial charge in [-0.25, -0.2) is 9.97 Å². The minimum atomic E-state index is 0.0903. The predicted molar refractivity (Wildman–Crippen MR) is 63.5 cm³/mol. The van der Waals surface area contributed by atoms with Crippen LogP contribution in [0.2, 0.25) is 0 Å². The first-order valence-electron chi connectivity index (χ1n) is 5.77. The van der Waals surface area contributed by atoms with Gasteiger partial charge in [-0.1, -0.05) is 0 Å². The maximum absolute atomic E-state index is 12.1. The highest BCUT2D eigenvalue weighted by Crippen LogP contribution is 2.33. The average molecular weight is 233 g/mol. The molecule has 0 radical (unpaired) electrons. The number of fused-ring (bicyclic) bond motifs is 1. The van der Waals surface area contributed by atoms with E-state index in [-0.39, 0.29) is 11.9 Å². The minimum Gasteiger partial charge on any atom is -0.383 e. The lowest BCUT2D eigenvalue weighted by atomic mass is 10.2. The fourth-order valence-electron chi connectivity index (χ4n) is 2.65. The summed E-state index contributed by atoms with van der Waals surface area (Å²) >= 11 is 0. The molecule has 3 heterocycles. The summed E-state index contributed by atoms with van der Waals surface area (Å²) < 4.78 is 0. The molecule has 6 nitrogen and oxygen atoms in total. The van der Waals surface area contributed by atoms with Gasteiger partial charge in [0.15, 0.2) is 0 Å². The number of anilines is 2. The molecule has 90 valence electrons. The Balaban J connectivity index is 1.97. The Bertz CT molecular complexity index is 475. The molecular formula is C11H15N5O. The van der Waals surface area contributed by atoms with E-state index in [4.69, 9.17) is 5.73 Å². The molecule has 0 spiro atoms. The molecule has 1 atom stereocenters. The summed E-state index contributed by atoms with van der Waals surface area (Å²) in [4.78, 5) is 24.2. The number of nitrogens with zero attached hydrogens (tertiary/aromatic N) is 4. The molecule has 2 N–H and O–H groups in total. The van der Waals surface area contributed by atoms with Crippen molar-refractivity contribution in [2.24, 2.45) is 0 Å². The highest BCUT2D eigenvalue weighted by molar-refractivity contribution is 6.02. The maximum Gasteiger partial charge on any atom is 0.233 e. The van der Waals surface area contributed by atoms with Crippen LogP contribution in [0.5, 0.6) is 0 Å². The largest absolute Gasteiger partial charge is 0.383 e. The monoisotopic (exact) mass is 233 g/mol. The number of nitrogens with two attached hydrogens (primary N) is 1. The molecule has 1 aromatic heterocycles. The highest BCUT2D eigenvalue weighted by Gasteiger charge is 2.38. The van der Waals surface area contributed by atoms with Gasteiger partial charge in [0.25, 0.3) is 0 Å². The molecular weight excluding hydrogens is 218 g/mol. The summed E-state index contributed by atoms with van der Waals surface area (Å²) in [6.07, 6.45) is 2.76. The van der Waals surface area contributed by atoms with Crippen LogP contribution in [0.15, 0.2) is 6.33 Å². The van der Waals surface area contributed by atoms with Crippen LogP contribution in [0.1, 0.15) is 12.0 Å². The van der Waals surface area contributed by atoms with Gasteiger partial charge < -0.3 is 10.6 Å². The van der Waals surface area contributed by atoms with E-state index < -0.39 is 0 Å². The first-order valence-corrected chi connectivity index (χ1v) is 5.77. The standard InChI is InChI=1S/C11H15N5O/c1-15-3-2-7(5-15)16-9(17)4-8-10(12)13-6-14-11(8)16/h6-7H,2-5H2,1H3,(H2,12,13,14)/t7-/m1/s1. The van der Waals surface area contributed by atoms with Gasteiger partial charge in [0.1, 0.15) is 18.0 Å². The molecule has 0 unspecified atom stereocenters. The third kappa shape index (κ3) is 1.56. The van der Waals surface area contributed by atoms with E-state index >= 15 is 0 Å². The molecule has 1 fully saturated rings. The van der Waals surface area contributed by atoms with Crippen molar-refractivity contribution < 1.29 is 4.79 Å². The normalized spacial score (nSPS) is 24.4. The van der Waals surface area contributed by atoms with Crippen molar-refractivity contribution in [3.8, 4) is 0 Å². The van der Waals surface area contributed by atoms with Crippen LogP contribution in [-0.4, -0.2) is 47.0 Å². The zero-order valence-corrected chi connectivity index (χ0v) is 9.76. The number of likely N-dealkylation sites (tertiary alicyclic amines) is 1. The smallest absolute Gasteiger partial charge is 0.233 e. The Morgan fingerprint density at radius 2 is 2.29 bits per heavy atom. The SMILES string of the molecule is CN1CC[C@@H](N2C(=O)Cc3c(N)ncnc32)C1. The Hall–Kier alpha value is -1.69. The minimum absolute atomic E-state index is 0.0903. The van der Waals surface area contributed by atoms with Crippen LogP contribution >= 0.6 is 0 Å². The molecule has 6 heteroatoms. The van der Waals surface area contributed by atoms with E-state index in [1.807, 2.05) is 0 Å². The first-order chi connectivity index (χ1) is 8.16. The average Bonchev–Trinajstić information content (AvgIpc) is 2.82. The second kappa shape index (κ2) is 3.66. The van der Waals surface area contributed by atoms with E-state index in [9.17, 15) is 4.79 Å². The Kier molecular flexibility index (Phi) is 2.25. The van der Waals surface area contributed by atoms with Crippen LogP contribution in [0, 0.1) is 0 Å². The van der Waals surface area contributed by atoms with Crippen molar-refractivity contribution in [2.45, 2.75) is 18.9 Å². The molecule has 1 saturated heterocycles. The zero-order chi connectivity index (χ0) is 12.0. The fourth-order valence-corrected chi connectivity index (χ4v) is 2.65. The van der Waals surface area contributed by atoms with Gasteiger partial charge in [-0.05, 0) is 20.0 Å². The molecule has 17 heavy (non-hydrogen) atoms. The Morgan fingerprint density at radius 3 is 3.00 bits per heavy atom. The summed E-state index contributed by atoms with van der Waals surface area (Å²) in [7, 11) is 2.07. The summed E-state index contributed by atoms with van der Waals surface area (Å²) in [5.41, 5.74) is 6.57. The van der Waals surface area contributed by atoms with Crippen LogP contribution < -0.4 is 10.6 Å². The molecule has 0 aromatic carbocycles. The molecule has 3 rings (SSSR count). The van der Waals surface area contributed by atoms with Crippen molar-refractivity contribution in [1.82, 2.24) is 14.9 Å². The van der Waals surface area contributed by atoms with E-state index in [2.05, 4.69) is 21.9 Å². The quantitative estimate of drug-likeness (QED) is 0.717. The lowest BCUT2D eigenvalue weighted by molar-refractivity contribution is -0.117. The third-order valence-corrected chi connectivity index (χ3v) is 3.51. The fraction of sp³-hybridized carbons (Fsp3) is 0.545. The van der Waals surface area contributed by atoms with Crippen LogP contribution in [-0.2, 0) is 11.2 Å². The number of carbonyl (C=O) groups is 1. The molecule has 1 aromatic rings. The molecule has 1 amide bonds. The van der Waals surface area contributed by atoms with Crippen molar-refractivity contribution in [3.05, 3.63) is 11.9 Å². The van der Waals surface area contributed by atoms with Gasteiger partial charge in [0.2, 0.25) is 5.91 Å². The topological polar surface area (TPSA) is 75.3 Å². The zero-order valence-electron chi connectivity index (χ0n) is 9.76. The van der Waals surface area contributed by atoms with E-state index in [0.717, 1.165) is 25.1 Å². The summed E-state index contributed by atoms with van der Waals surface area (Å²) in [6, 6.07) is 0.225. The number of carbonyl (C=O) groups excluding carboxylic acids is 1. The second-order valence-electron chi connectivity index (χ2n) is 4.71. The van der Waals surface area contributed by atoms with Gasteiger partial charge in [0, 0.05) is 12.1 Å². The van der Waals surface area contributed by atoms with E-state index in [1.54, 1.807) is 4.90 Å². The van der Waals surface area contributed by atoms with Crippen LogP contribution in [0.25, 0.3) is 0 Å². The number of nitrogen functional groups attached to an aromatic ring is 1. The lowest BCUT2D eigenvalue weighted by Gasteiger charge is -2.23. The number of amides is 1.